The molecule has 1 aliphatic carbocycles. The summed E-state index contributed by atoms with van der Waals surface area (Å²) in [6.07, 6.45) is 8.15. The third-order valence-corrected chi connectivity index (χ3v) is 5.06. The van der Waals surface area contributed by atoms with Crippen molar-refractivity contribution in [3.8, 4) is 17.5 Å². The van der Waals surface area contributed by atoms with E-state index in [0.29, 0.717) is 17.5 Å². The molecule has 2 N–H and O–H groups in total. The van der Waals surface area contributed by atoms with Crippen molar-refractivity contribution in [2.75, 3.05) is 10.6 Å². The lowest BCUT2D eigenvalue weighted by Gasteiger charge is -2.15. The molecule has 0 aromatic carbocycles. The van der Waals surface area contributed by atoms with Crippen LogP contribution < -0.4 is 20.9 Å². The predicted molar refractivity (Wildman–Crippen MR) is 112 cm³/mol. The van der Waals surface area contributed by atoms with Crippen LogP contribution in [0, 0.1) is 11.3 Å². The molecule has 1 saturated carbocycles. The molecule has 3 aromatic heterocycles. The molecule has 164 valence electrons. The van der Waals surface area contributed by atoms with E-state index >= 15 is 0 Å². The Morgan fingerprint density at radius 1 is 1.09 bits per heavy atom. The number of nitriles is 1. The number of nitrogens with zero attached hydrogens (tertiary/aromatic N) is 5. The lowest BCUT2D eigenvalue weighted by Crippen LogP contribution is -2.22. The van der Waals surface area contributed by atoms with Crippen LogP contribution in [0.25, 0.3) is 5.69 Å². The van der Waals surface area contributed by atoms with Gasteiger partial charge in [0, 0.05) is 18.3 Å². The largest absolute Gasteiger partial charge is 0.432 e. The van der Waals surface area contributed by atoms with Crippen molar-refractivity contribution in [1.29, 1.82) is 5.26 Å². The number of nitrogens with one attached hydrogen (secondary N) is 2. The first kappa shape index (κ1) is 21.2. The van der Waals surface area contributed by atoms with E-state index in [9.17, 15) is 13.6 Å². The molecule has 1 aliphatic rings. The molecule has 9 nitrogen and oxygen atoms in total. The van der Waals surface area contributed by atoms with Gasteiger partial charge >= 0.3 is 6.61 Å². The van der Waals surface area contributed by atoms with E-state index < -0.39 is 12.2 Å². The monoisotopic (exact) mass is 439 g/mol. The second-order valence-corrected chi connectivity index (χ2v) is 7.23. The van der Waals surface area contributed by atoms with Crippen LogP contribution in [0.3, 0.4) is 0 Å². The molecule has 32 heavy (non-hydrogen) atoms. The van der Waals surface area contributed by atoms with Crippen molar-refractivity contribution in [1.82, 2.24) is 19.5 Å². The van der Waals surface area contributed by atoms with Gasteiger partial charge in [-0.05, 0) is 43.5 Å². The van der Waals surface area contributed by atoms with Crippen LogP contribution in [0.15, 0.2) is 53.8 Å². The van der Waals surface area contributed by atoms with Gasteiger partial charge in [-0.3, -0.25) is 9.36 Å². The number of anilines is 2. The molecule has 3 aromatic rings. The van der Waals surface area contributed by atoms with Crippen LogP contribution in [0.1, 0.15) is 24.8 Å². The van der Waals surface area contributed by atoms with Gasteiger partial charge in [0.15, 0.2) is 5.75 Å². The smallest absolute Gasteiger partial charge is 0.387 e. The topological polar surface area (TPSA) is 118 Å². The molecule has 0 saturated heterocycles. The molecule has 0 bridgehead atoms. The van der Waals surface area contributed by atoms with Crippen molar-refractivity contribution in [3.05, 3.63) is 65.0 Å². The van der Waals surface area contributed by atoms with Gasteiger partial charge < -0.3 is 15.4 Å². The van der Waals surface area contributed by atoms with Crippen LogP contribution >= 0.6 is 0 Å². The predicted octanol–water partition coefficient (Wildman–Crippen LogP) is 2.94. The highest BCUT2D eigenvalue weighted by Gasteiger charge is 2.25. The van der Waals surface area contributed by atoms with E-state index in [-0.39, 0.29) is 23.4 Å². The maximum absolute atomic E-state index is 12.3. The zero-order valence-electron chi connectivity index (χ0n) is 16.8. The summed E-state index contributed by atoms with van der Waals surface area (Å²) >= 11 is 0. The number of aromatic nitrogens is 4. The van der Waals surface area contributed by atoms with Crippen molar-refractivity contribution < 1.29 is 13.5 Å². The van der Waals surface area contributed by atoms with E-state index in [2.05, 4.69) is 30.3 Å². The number of hydrogen-bond donors (Lipinski definition) is 2. The minimum absolute atomic E-state index is 0.0689. The zero-order valence-corrected chi connectivity index (χ0v) is 16.8. The normalized spacial score (nSPS) is 17.7. The van der Waals surface area contributed by atoms with E-state index in [0.717, 1.165) is 19.3 Å². The summed E-state index contributed by atoms with van der Waals surface area (Å²) in [7, 11) is 0. The van der Waals surface area contributed by atoms with Gasteiger partial charge in [-0.1, -0.05) is 0 Å². The molecule has 0 unspecified atom stereocenters. The lowest BCUT2D eigenvalue weighted by molar-refractivity contribution is -0.0503. The van der Waals surface area contributed by atoms with Gasteiger partial charge in [0.05, 0.1) is 24.3 Å². The number of hydrogen-bond acceptors (Lipinski definition) is 8. The number of rotatable bonds is 7. The van der Waals surface area contributed by atoms with E-state index in [1.54, 1.807) is 30.6 Å². The summed E-state index contributed by atoms with van der Waals surface area (Å²) < 4.78 is 30.0. The maximum atomic E-state index is 12.3. The Morgan fingerprint density at radius 2 is 1.84 bits per heavy atom. The van der Waals surface area contributed by atoms with Crippen molar-refractivity contribution in [2.24, 2.45) is 0 Å². The van der Waals surface area contributed by atoms with E-state index in [4.69, 9.17) is 5.26 Å². The van der Waals surface area contributed by atoms with E-state index in [1.807, 2.05) is 6.07 Å². The first-order valence-electron chi connectivity index (χ1n) is 9.90. The fraction of sp³-hybridized carbons (Fsp3) is 0.286. The summed E-state index contributed by atoms with van der Waals surface area (Å²) in [4.78, 5) is 24.6. The van der Waals surface area contributed by atoms with Crippen LogP contribution in [0.2, 0.25) is 0 Å². The average Bonchev–Trinajstić information content (AvgIpc) is 3.22. The third kappa shape index (κ3) is 4.97. The fourth-order valence-electron chi connectivity index (χ4n) is 3.59. The van der Waals surface area contributed by atoms with Crippen molar-refractivity contribution in [3.63, 3.8) is 0 Å². The highest BCUT2D eigenvalue weighted by atomic mass is 19.3. The van der Waals surface area contributed by atoms with Gasteiger partial charge in [-0.25, -0.2) is 15.0 Å². The third-order valence-electron chi connectivity index (χ3n) is 5.06. The molecule has 1 fully saturated rings. The van der Waals surface area contributed by atoms with Gasteiger partial charge in [0.1, 0.15) is 17.5 Å². The summed E-state index contributed by atoms with van der Waals surface area (Å²) in [5.74, 6) is 0.936. The molecular weight excluding hydrogens is 420 g/mol. The molecule has 2 atom stereocenters. The molecule has 3 heterocycles. The number of pyridine rings is 2. The molecule has 0 aliphatic heterocycles. The van der Waals surface area contributed by atoms with E-state index in [1.165, 1.54) is 23.0 Å². The molecule has 0 radical (unpaired) electrons. The van der Waals surface area contributed by atoms with Gasteiger partial charge in [0.25, 0.3) is 5.56 Å². The van der Waals surface area contributed by atoms with Crippen LogP contribution in [-0.4, -0.2) is 38.2 Å². The standard InChI is InChI=1S/C21H19F2N7O2/c22-20(23)32-17-11-26-21(27-12-17)29-15-4-3-14(8-15)28-18-6-5-16(10-25-18)30-7-1-2-13(9-24)19(30)31/h1-2,5-7,10-12,14-15,20H,3-4,8H2,(H,25,28)(H,26,27,29)/t14-,15-/m0/s1. The second kappa shape index (κ2) is 9.38. The van der Waals surface area contributed by atoms with Crippen LogP contribution in [-0.2, 0) is 0 Å². The Balaban J connectivity index is 1.33. The number of alkyl halides is 2. The molecule has 11 heteroatoms. The van der Waals surface area contributed by atoms with Crippen molar-refractivity contribution in [2.45, 2.75) is 38.0 Å². The lowest BCUT2D eigenvalue weighted by atomic mass is 10.2. The minimum Gasteiger partial charge on any atom is -0.432 e. The van der Waals surface area contributed by atoms with Gasteiger partial charge in [-0.2, -0.15) is 14.0 Å². The van der Waals surface area contributed by atoms with Gasteiger partial charge in [0.2, 0.25) is 5.95 Å². The second-order valence-electron chi connectivity index (χ2n) is 7.23. The van der Waals surface area contributed by atoms with Crippen LogP contribution in [0.5, 0.6) is 5.75 Å². The Labute approximate surface area is 181 Å². The van der Waals surface area contributed by atoms with Crippen molar-refractivity contribution >= 4 is 11.8 Å². The quantitative estimate of drug-likeness (QED) is 0.577. The highest BCUT2D eigenvalue weighted by Crippen LogP contribution is 2.25. The maximum Gasteiger partial charge on any atom is 0.387 e. The highest BCUT2D eigenvalue weighted by molar-refractivity contribution is 5.43. The minimum atomic E-state index is -2.91. The Bertz CT molecular complexity index is 1160. The summed E-state index contributed by atoms with van der Waals surface area (Å²) in [6.45, 7) is -2.91. The first-order chi connectivity index (χ1) is 15.5. The Morgan fingerprint density at radius 3 is 2.50 bits per heavy atom. The molecule has 0 amide bonds. The Kier molecular flexibility index (Phi) is 6.21. The number of ether oxygens (including phenoxy) is 1. The zero-order chi connectivity index (χ0) is 22.5. The average molecular weight is 439 g/mol. The molecule has 0 spiro atoms. The fourth-order valence-corrected chi connectivity index (χ4v) is 3.59. The van der Waals surface area contributed by atoms with Crippen LogP contribution in [0.4, 0.5) is 20.5 Å². The summed E-state index contributed by atoms with van der Waals surface area (Å²) in [6, 6.07) is 8.85. The molecule has 4 rings (SSSR count). The SMILES string of the molecule is N#Cc1cccn(-c2ccc(N[C@H]3CC[C@H](Nc4ncc(OC(F)F)cn4)C3)nc2)c1=O. The van der Waals surface area contributed by atoms with Gasteiger partial charge in [-0.15, -0.1) is 0 Å². The number of halogens is 2. The summed E-state index contributed by atoms with van der Waals surface area (Å²) in [5.41, 5.74) is 0.248. The summed E-state index contributed by atoms with van der Waals surface area (Å²) in [5, 5.41) is 15.6. The Hall–Kier alpha value is -4.07. The molecular formula is C21H19F2N7O2. The first-order valence-corrected chi connectivity index (χ1v) is 9.90.